The van der Waals surface area contributed by atoms with E-state index in [1.54, 1.807) is 0 Å². The highest BCUT2D eigenvalue weighted by atomic mass is 16.5. The van der Waals surface area contributed by atoms with Gasteiger partial charge in [-0.2, -0.15) is 0 Å². The molecule has 6 heteroatoms. The van der Waals surface area contributed by atoms with Crippen molar-refractivity contribution in [2.24, 2.45) is 0 Å². The normalized spacial score (nSPS) is 14.5. The summed E-state index contributed by atoms with van der Waals surface area (Å²) in [5.74, 6) is 0.106. The first kappa shape index (κ1) is 25.5. The van der Waals surface area contributed by atoms with Crippen LogP contribution in [0, 0.1) is 6.92 Å². The van der Waals surface area contributed by atoms with Crippen LogP contribution in [0.1, 0.15) is 55.2 Å². The lowest BCUT2D eigenvalue weighted by atomic mass is 9.93. The van der Waals surface area contributed by atoms with Gasteiger partial charge < -0.3 is 14.0 Å². The van der Waals surface area contributed by atoms with Crippen molar-refractivity contribution in [3.8, 4) is 22.5 Å². The summed E-state index contributed by atoms with van der Waals surface area (Å²) in [4.78, 5) is 25.1. The Labute approximate surface area is 222 Å². The van der Waals surface area contributed by atoms with E-state index in [0.717, 1.165) is 46.2 Å². The van der Waals surface area contributed by atoms with Crippen molar-refractivity contribution in [1.82, 2.24) is 5.16 Å². The van der Waals surface area contributed by atoms with E-state index >= 15 is 0 Å². The molecule has 0 saturated heterocycles. The van der Waals surface area contributed by atoms with Gasteiger partial charge in [0.1, 0.15) is 6.10 Å². The quantitative estimate of drug-likeness (QED) is 0.232. The summed E-state index contributed by atoms with van der Waals surface area (Å²) in [6, 6.07) is 25.7. The molecule has 1 saturated carbocycles. The molecule has 4 aromatic rings. The third kappa shape index (κ3) is 5.12. The van der Waals surface area contributed by atoms with E-state index in [1.165, 1.54) is 0 Å². The molecule has 0 aliphatic heterocycles. The molecule has 0 amide bonds. The Morgan fingerprint density at radius 3 is 2.13 bits per heavy atom. The highest BCUT2D eigenvalue weighted by Gasteiger charge is 2.52. The second kappa shape index (κ2) is 10.7. The molecule has 3 aromatic carbocycles. The van der Waals surface area contributed by atoms with Gasteiger partial charge >= 0.3 is 11.9 Å². The molecule has 0 spiro atoms. The minimum absolute atomic E-state index is 0.0767. The summed E-state index contributed by atoms with van der Waals surface area (Å²) in [6.45, 7) is 5.92. The Morgan fingerprint density at radius 2 is 1.53 bits per heavy atom. The fraction of sp³-hybridized carbons (Fsp3) is 0.281. The molecule has 6 nitrogen and oxygen atoms in total. The lowest BCUT2D eigenvalue weighted by Crippen LogP contribution is -2.23. The number of nitrogens with zero attached hydrogens (tertiary/aromatic N) is 1. The van der Waals surface area contributed by atoms with Crippen LogP contribution in [0.3, 0.4) is 0 Å². The Kier molecular flexibility index (Phi) is 7.14. The Morgan fingerprint density at radius 1 is 0.921 bits per heavy atom. The SMILES string of the molecule is CCOC(=O)C1(c2ccc(-c3ccc(-c4onc(C)c4CC(=O)O[C@H](C)c4ccccc4)cc3)cc2)CC1. The number of rotatable bonds is 9. The number of carbonyl (C=O) groups excluding carboxylic acids is 2. The van der Waals surface area contributed by atoms with E-state index in [4.69, 9.17) is 14.0 Å². The molecular weight excluding hydrogens is 478 g/mol. The summed E-state index contributed by atoms with van der Waals surface area (Å²) in [7, 11) is 0. The summed E-state index contributed by atoms with van der Waals surface area (Å²) in [5, 5.41) is 4.11. The summed E-state index contributed by atoms with van der Waals surface area (Å²) in [6.07, 6.45) is 1.40. The molecule has 0 N–H and O–H groups in total. The number of aryl methyl sites for hydroxylation is 1. The monoisotopic (exact) mass is 509 g/mol. The van der Waals surface area contributed by atoms with Crippen LogP contribution in [0.25, 0.3) is 22.5 Å². The van der Waals surface area contributed by atoms with Gasteiger partial charge in [-0.25, -0.2) is 0 Å². The van der Waals surface area contributed by atoms with E-state index in [1.807, 2.05) is 99.6 Å². The largest absolute Gasteiger partial charge is 0.465 e. The molecule has 1 aliphatic rings. The molecular formula is C32H31NO5. The van der Waals surface area contributed by atoms with Crippen molar-refractivity contribution in [2.45, 2.75) is 51.6 Å². The van der Waals surface area contributed by atoms with Crippen molar-refractivity contribution in [3.05, 3.63) is 101 Å². The van der Waals surface area contributed by atoms with Gasteiger partial charge in [0.15, 0.2) is 5.76 Å². The first-order chi connectivity index (χ1) is 18.4. The molecule has 0 radical (unpaired) electrons. The van der Waals surface area contributed by atoms with Gasteiger partial charge in [0.05, 0.1) is 24.1 Å². The summed E-state index contributed by atoms with van der Waals surface area (Å²) < 4.78 is 16.6. The third-order valence-electron chi connectivity index (χ3n) is 7.22. The molecule has 194 valence electrons. The third-order valence-corrected chi connectivity index (χ3v) is 7.22. The number of ether oxygens (including phenoxy) is 2. The molecule has 1 aromatic heterocycles. The lowest BCUT2D eigenvalue weighted by Gasteiger charge is -2.15. The molecule has 0 bridgehead atoms. The number of benzene rings is 3. The number of hydrogen-bond acceptors (Lipinski definition) is 6. The van der Waals surface area contributed by atoms with Crippen molar-refractivity contribution in [3.63, 3.8) is 0 Å². The zero-order valence-corrected chi connectivity index (χ0v) is 21.9. The van der Waals surface area contributed by atoms with Crippen LogP contribution in [-0.4, -0.2) is 23.7 Å². The maximum absolute atomic E-state index is 12.7. The van der Waals surface area contributed by atoms with Gasteiger partial charge in [-0.05, 0) is 55.9 Å². The average Bonchev–Trinajstić information content (AvgIpc) is 3.68. The Hall–Kier alpha value is -4.19. The second-order valence-electron chi connectivity index (χ2n) is 9.75. The van der Waals surface area contributed by atoms with Gasteiger partial charge in [0.2, 0.25) is 0 Å². The maximum Gasteiger partial charge on any atom is 0.316 e. The molecule has 1 aliphatic carbocycles. The number of hydrogen-bond donors (Lipinski definition) is 0. The average molecular weight is 510 g/mol. The summed E-state index contributed by atoms with van der Waals surface area (Å²) in [5.41, 5.74) is 5.79. The van der Waals surface area contributed by atoms with Crippen LogP contribution in [0.4, 0.5) is 0 Å². The fourth-order valence-electron chi connectivity index (χ4n) is 4.80. The smallest absolute Gasteiger partial charge is 0.316 e. The van der Waals surface area contributed by atoms with E-state index in [9.17, 15) is 9.59 Å². The van der Waals surface area contributed by atoms with Crippen LogP contribution in [-0.2, 0) is 30.9 Å². The first-order valence-electron chi connectivity index (χ1n) is 13.0. The van der Waals surface area contributed by atoms with E-state index < -0.39 is 5.41 Å². The van der Waals surface area contributed by atoms with Gasteiger partial charge in [0, 0.05) is 11.1 Å². The first-order valence-corrected chi connectivity index (χ1v) is 13.0. The second-order valence-corrected chi connectivity index (χ2v) is 9.75. The summed E-state index contributed by atoms with van der Waals surface area (Å²) >= 11 is 0. The van der Waals surface area contributed by atoms with Gasteiger partial charge in [0.25, 0.3) is 0 Å². The predicted octanol–water partition coefficient (Wildman–Crippen LogP) is 6.76. The minimum Gasteiger partial charge on any atom is -0.465 e. The molecule has 38 heavy (non-hydrogen) atoms. The van der Waals surface area contributed by atoms with Crippen LogP contribution < -0.4 is 0 Å². The number of esters is 2. The minimum atomic E-state index is -0.473. The molecule has 1 heterocycles. The van der Waals surface area contributed by atoms with Crippen molar-refractivity contribution < 1.29 is 23.6 Å². The Bertz CT molecular complexity index is 1420. The standard InChI is InChI=1S/C32H31NO5/c1-4-36-31(35)32(18-19-32)27-16-14-25(15-17-27)24-10-12-26(13-11-24)30-28(21(2)33-38-30)20-29(34)37-22(3)23-8-6-5-7-9-23/h5-17,22H,4,18-20H2,1-3H3/t22-/m1/s1. The number of aromatic nitrogens is 1. The van der Waals surface area contributed by atoms with Gasteiger partial charge in [-0.1, -0.05) is 84.0 Å². The molecule has 5 rings (SSSR count). The maximum atomic E-state index is 12.7. The molecule has 1 fully saturated rings. The zero-order chi connectivity index (χ0) is 26.7. The van der Waals surface area contributed by atoms with Crippen molar-refractivity contribution >= 4 is 11.9 Å². The van der Waals surface area contributed by atoms with E-state index in [2.05, 4.69) is 5.16 Å². The van der Waals surface area contributed by atoms with E-state index in [-0.39, 0.29) is 24.5 Å². The predicted molar refractivity (Wildman–Crippen MR) is 144 cm³/mol. The zero-order valence-electron chi connectivity index (χ0n) is 21.9. The van der Waals surface area contributed by atoms with Crippen LogP contribution in [0.15, 0.2) is 83.4 Å². The van der Waals surface area contributed by atoms with Gasteiger partial charge in [-0.3, -0.25) is 9.59 Å². The van der Waals surface area contributed by atoms with Crippen LogP contribution >= 0.6 is 0 Å². The molecule has 1 atom stereocenters. The molecule has 0 unspecified atom stereocenters. The van der Waals surface area contributed by atoms with Crippen molar-refractivity contribution in [1.29, 1.82) is 0 Å². The fourth-order valence-corrected chi connectivity index (χ4v) is 4.80. The highest BCUT2D eigenvalue weighted by molar-refractivity contribution is 5.87. The number of carbonyl (C=O) groups is 2. The van der Waals surface area contributed by atoms with Crippen LogP contribution in [0.5, 0.6) is 0 Å². The Balaban J connectivity index is 1.29. The van der Waals surface area contributed by atoms with Crippen LogP contribution in [0.2, 0.25) is 0 Å². The van der Waals surface area contributed by atoms with E-state index in [0.29, 0.717) is 18.1 Å². The van der Waals surface area contributed by atoms with Gasteiger partial charge in [-0.15, -0.1) is 0 Å². The topological polar surface area (TPSA) is 78.6 Å². The lowest BCUT2D eigenvalue weighted by molar-refractivity contribution is -0.148. The highest BCUT2D eigenvalue weighted by Crippen LogP contribution is 2.49. The van der Waals surface area contributed by atoms with Crippen molar-refractivity contribution in [2.75, 3.05) is 6.61 Å².